The molecule has 1 rings (SSSR count). The van der Waals surface area contributed by atoms with E-state index in [9.17, 15) is 4.79 Å². The second kappa shape index (κ2) is 8.57. The Labute approximate surface area is 119 Å². The zero-order chi connectivity index (χ0) is 14.3. The Bertz CT molecular complexity index is 261. The first-order valence-corrected chi connectivity index (χ1v) is 8.11. The Morgan fingerprint density at radius 2 is 1.79 bits per heavy atom. The molecule has 3 heteroatoms. The SMILES string of the molecule is CCCN(CCC)C(=O)CNC1CCCC(C)C1C. The molecule has 0 aromatic heterocycles. The first-order valence-electron chi connectivity index (χ1n) is 8.11. The van der Waals surface area contributed by atoms with Gasteiger partial charge in [0.2, 0.25) is 5.91 Å². The van der Waals surface area contributed by atoms with Crippen molar-refractivity contribution in [2.24, 2.45) is 11.8 Å². The molecule has 1 amide bonds. The molecule has 1 saturated carbocycles. The number of hydrogen-bond donors (Lipinski definition) is 1. The molecule has 3 unspecified atom stereocenters. The lowest BCUT2D eigenvalue weighted by atomic mass is 9.78. The maximum absolute atomic E-state index is 12.2. The fraction of sp³-hybridized carbons (Fsp3) is 0.938. The van der Waals surface area contributed by atoms with Gasteiger partial charge in [0.1, 0.15) is 0 Å². The normalized spacial score (nSPS) is 27.3. The highest BCUT2D eigenvalue weighted by Crippen LogP contribution is 2.29. The van der Waals surface area contributed by atoms with E-state index in [0.29, 0.717) is 18.5 Å². The average molecular weight is 268 g/mol. The van der Waals surface area contributed by atoms with E-state index in [1.807, 2.05) is 4.90 Å². The predicted molar refractivity (Wildman–Crippen MR) is 81.1 cm³/mol. The van der Waals surface area contributed by atoms with Crippen LogP contribution in [-0.4, -0.2) is 36.5 Å². The van der Waals surface area contributed by atoms with Crippen LogP contribution in [0.1, 0.15) is 59.8 Å². The topological polar surface area (TPSA) is 32.3 Å². The fourth-order valence-corrected chi connectivity index (χ4v) is 3.10. The summed E-state index contributed by atoms with van der Waals surface area (Å²) in [5.41, 5.74) is 0. The molecular weight excluding hydrogens is 236 g/mol. The van der Waals surface area contributed by atoms with Crippen LogP contribution in [0.2, 0.25) is 0 Å². The van der Waals surface area contributed by atoms with Crippen molar-refractivity contribution in [3.8, 4) is 0 Å². The molecule has 0 bridgehead atoms. The number of carbonyl (C=O) groups excluding carboxylic acids is 1. The lowest BCUT2D eigenvalue weighted by Gasteiger charge is -2.35. The summed E-state index contributed by atoms with van der Waals surface area (Å²) in [6.07, 6.45) is 5.95. The number of hydrogen-bond acceptors (Lipinski definition) is 2. The monoisotopic (exact) mass is 268 g/mol. The van der Waals surface area contributed by atoms with Crippen LogP contribution in [-0.2, 0) is 4.79 Å². The lowest BCUT2D eigenvalue weighted by Crippen LogP contribution is -2.46. The molecule has 3 atom stereocenters. The summed E-state index contributed by atoms with van der Waals surface area (Å²) in [5, 5.41) is 3.51. The van der Waals surface area contributed by atoms with Gasteiger partial charge in [0.15, 0.2) is 0 Å². The van der Waals surface area contributed by atoms with Gasteiger partial charge >= 0.3 is 0 Å². The van der Waals surface area contributed by atoms with Gasteiger partial charge in [-0.2, -0.15) is 0 Å². The third kappa shape index (κ3) is 5.13. The number of nitrogens with zero attached hydrogens (tertiary/aromatic N) is 1. The van der Waals surface area contributed by atoms with Crippen LogP contribution in [0.4, 0.5) is 0 Å². The summed E-state index contributed by atoms with van der Waals surface area (Å²) in [6.45, 7) is 11.2. The third-order valence-corrected chi connectivity index (χ3v) is 4.56. The largest absolute Gasteiger partial charge is 0.342 e. The molecule has 112 valence electrons. The third-order valence-electron chi connectivity index (χ3n) is 4.56. The molecule has 0 saturated heterocycles. The lowest BCUT2D eigenvalue weighted by molar-refractivity contribution is -0.130. The van der Waals surface area contributed by atoms with Crippen molar-refractivity contribution >= 4 is 5.91 Å². The molecule has 3 nitrogen and oxygen atoms in total. The Morgan fingerprint density at radius 1 is 1.16 bits per heavy atom. The van der Waals surface area contributed by atoms with Crippen LogP contribution in [0.5, 0.6) is 0 Å². The Balaban J connectivity index is 2.39. The quantitative estimate of drug-likeness (QED) is 0.769. The summed E-state index contributed by atoms with van der Waals surface area (Å²) >= 11 is 0. The standard InChI is InChI=1S/C16H32N2O/c1-5-10-18(11-6-2)16(19)12-17-15-9-7-8-13(3)14(15)4/h13-15,17H,5-12H2,1-4H3. The van der Waals surface area contributed by atoms with Crippen molar-refractivity contribution in [3.63, 3.8) is 0 Å². The summed E-state index contributed by atoms with van der Waals surface area (Å²) in [7, 11) is 0. The van der Waals surface area contributed by atoms with Gasteiger partial charge in [-0.3, -0.25) is 4.79 Å². The highest BCUT2D eigenvalue weighted by atomic mass is 16.2. The van der Waals surface area contributed by atoms with Crippen LogP contribution in [0.25, 0.3) is 0 Å². The first-order chi connectivity index (χ1) is 9.10. The van der Waals surface area contributed by atoms with Crippen LogP contribution >= 0.6 is 0 Å². The number of amides is 1. The maximum Gasteiger partial charge on any atom is 0.236 e. The van der Waals surface area contributed by atoms with Gasteiger partial charge in [-0.25, -0.2) is 0 Å². The van der Waals surface area contributed by atoms with Gasteiger partial charge in [-0.1, -0.05) is 40.5 Å². The van der Waals surface area contributed by atoms with Crippen molar-refractivity contribution in [1.82, 2.24) is 10.2 Å². The Morgan fingerprint density at radius 3 is 2.37 bits per heavy atom. The summed E-state index contributed by atoms with van der Waals surface area (Å²) < 4.78 is 0. The van der Waals surface area contributed by atoms with E-state index in [1.165, 1.54) is 19.3 Å². The van der Waals surface area contributed by atoms with E-state index in [2.05, 4.69) is 33.0 Å². The van der Waals surface area contributed by atoms with Crippen molar-refractivity contribution in [2.75, 3.05) is 19.6 Å². The van der Waals surface area contributed by atoms with Crippen molar-refractivity contribution in [1.29, 1.82) is 0 Å². The molecule has 19 heavy (non-hydrogen) atoms. The van der Waals surface area contributed by atoms with E-state index in [4.69, 9.17) is 0 Å². The summed E-state index contributed by atoms with van der Waals surface area (Å²) in [5.74, 6) is 1.74. The van der Waals surface area contributed by atoms with Gasteiger partial charge in [0.05, 0.1) is 6.54 Å². The molecule has 1 aliphatic rings. The van der Waals surface area contributed by atoms with E-state index in [0.717, 1.165) is 31.8 Å². The Hall–Kier alpha value is -0.570. The van der Waals surface area contributed by atoms with Gasteiger partial charge in [0.25, 0.3) is 0 Å². The van der Waals surface area contributed by atoms with E-state index in [-0.39, 0.29) is 5.91 Å². The smallest absolute Gasteiger partial charge is 0.236 e. The van der Waals surface area contributed by atoms with Gasteiger partial charge in [-0.15, -0.1) is 0 Å². The molecular formula is C16H32N2O. The number of nitrogens with one attached hydrogen (secondary N) is 1. The van der Waals surface area contributed by atoms with Crippen LogP contribution in [0.15, 0.2) is 0 Å². The van der Waals surface area contributed by atoms with E-state index >= 15 is 0 Å². The van der Waals surface area contributed by atoms with E-state index in [1.54, 1.807) is 0 Å². The molecule has 1 aliphatic carbocycles. The molecule has 0 aromatic carbocycles. The molecule has 1 fully saturated rings. The minimum Gasteiger partial charge on any atom is -0.342 e. The predicted octanol–water partition coefficient (Wildman–Crippen LogP) is 3.05. The van der Waals surface area contributed by atoms with Crippen molar-refractivity contribution in [3.05, 3.63) is 0 Å². The number of rotatable bonds is 7. The molecule has 0 aliphatic heterocycles. The second-order valence-corrected chi connectivity index (χ2v) is 6.14. The zero-order valence-electron chi connectivity index (χ0n) is 13.2. The molecule has 0 radical (unpaired) electrons. The van der Waals surface area contributed by atoms with Crippen LogP contribution in [0.3, 0.4) is 0 Å². The van der Waals surface area contributed by atoms with Gasteiger partial charge in [0, 0.05) is 19.1 Å². The molecule has 0 aromatic rings. The fourth-order valence-electron chi connectivity index (χ4n) is 3.10. The highest BCUT2D eigenvalue weighted by molar-refractivity contribution is 5.78. The molecule has 1 N–H and O–H groups in total. The van der Waals surface area contributed by atoms with Gasteiger partial charge in [-0.05, 0) is 31.1 Å². The summed E-state index contributed by atoms with van der Waals surface area (Å²) in [4.78, 5) is 14.2. The maximum atomic E-state index is 12.2. The second-order valence-electron chi connectivity index (χ2n) is 6.14. The van der Waals surface area contributed by atoms with Gasteiger partial charge < -0.3 is 10.2 Å². The average Bonchev–Trinajstić information content (AvgIpc) is 2.40. The number of carbonyl (C=O) groups is 1. The highest BCUT2D eigenvalue weighted by Gasteiger charge is 2.27. The van der Waals surface area contributed by atoms with Crippen molar-refractivity contribution < 1.29 is 4.79 Å². The van der Waals surface area contributed by atoms with Crippen LogP contribution < -0.4 is 5.32 Å². The zero-order valence-corrected chi connectivity index (χ0v) is 13.2. The van der Waals surface area contributed by atoms with Crippen LogP contribution in [0, 0.1) is 11.8 Å². The minimum absolute atomic E-state index is 0.272. The minimum atomic E-state index is 0.272. The molecule has 0 spiro atoms. The van der Waals surface area contributed by atoms with E-state index < -0.39 is 0 Å². The Kier molecular flexibility index (Phi) is 7.44. The summed E-state index contributed by atoms with van der Waals surface area (Å²) in [6, 6.07) is 0.526. The molecule has 0 heterocycles. The first kappa shape index (κ1) is 16.5. The van der Waals surface area contributed by atoms with Crippen molar-refractivity contribution in [2.45, 2.75) is 65.8 Å².